The van der Waals surface area contributed by atoms with Crippen molar-refractivity contribution < 1.29 is 17.9 Å². The maximum atomic E-state index is 14.1. The highest BCUT2D eigenvalue weighted by atomic mass is 32.2. The summed E-state index contributed by atoms with van der Waals surface area (Å²) in [7, 11) is -2.46. The largest absolute Gasteiger partial charge is 0.496 e. The van der Waals surface area contributed by atoms with Gasteiger partial charge in [-0.05, 0) is 38.1 Å². The summed E-state index contributed by atoms with van der Waals surface area (Å²) in [6.07, 6.45) is 0.861. The van der Waals surface area contributed by atoms with E-state index in [9.17, 15) is 13.2 Å². The summed E-state index contributed by atoms with van der Waals surface area (Å²) in [4.78, 5) is 15.6. The standard InChI is InChI=1S/C26H27N3O4S/c1-18-25(26(30)28-16-7-14-27-15-17-28)21-10-5-6-11-22(21)29(18)34(31,32)24-13-12-23(33-2)19-8-3-4-9-20(19)24/h3-6,8-13,27H,7,14-17H2,1-2H3. The van der Waals surface area contributed by atoms with Gasteiger partial charge >= 0.3 is 0 Å². The molecule has 4 aromatic rings. The molecule has 0 saturated carbocycles. The van der Waals surface area contributed by atoms with Crippen molar-refractivity contribution in [3.05, 3.63) is 71.9 Å². The number of ether oxygens (including phenoxy) is 1. The fourth-order valence-corrected chi connectivity index (χ4v) is 6.63. The first kappa shape index (κ1) is 22.4. The zero-order chi connectivity index (χ0) is 23.9. The number of amides is 1. The minimum Gasteiger partial charge on any atom is -0.496 e. The number of carbonyl (C=O) groups is 1. The second kappa shape index (κ2) is 8.77. The normalized spacial score (nSPS) is 14.9. The first-order valence-corrected chi connectivity index (χ1v) is 12.8. The van der Waals surface area contributed by atoms with Gasteiger partial charge in [0.15, 0.2) is 0 Å². The monoisotopic (exact) mass is 477 g/mol. The minimum atomic E-state index is -4.02. The number of methoxy groups -OCH3 is 1. The Morgan fingerprint density at radius 1 is 0.912 bits per heavy atom. The molecule has 34 heavy (non-hydrogen) atoms. The van der Waals surface area contributed by atoms with Gasteiger partial charge < -0.3 is 15.0 Å². The van der Waals surface area contributed by atoms with Crippen molar-refractivity contribution in [1.82, 2.24) is 14.2 Å². The summed E-state index contributed by atoms with van der Waals surface area (Å²) >= 11 is 0. The average molecular weight is 478 g/mol. The highest BCUT2D eigenvalue weighted by molar-refractivity contribution is 7.90. The van der Waals surface area contributed by atoms with E-state index in [2.05, 4.69) is 5.32 Å². The number of fused-ring (bicyclic) bond motifs is 2. The number of hydrogen-bond donors (Lipinski definition) is 1. The molecule has 1 amide bonds. The molecule has 1 N–H and O–H groups in total. The lowest BCUT2D eigenvalue weighted by molar-refractivity contribution is 0.0767. The predicted molar refractivity (Wildman–Crippen MR) is 133 cm³/mol. The summed E-state index contributed by atoms with van der Waals surface area (Å²) in [6.45, 7) is 4.53. The van der Waals surface area contributed by atoms with E-state index < -0.39 is 10.0 Å². The number of rotatable bonds is 4. The van der Waals surface area contributed by atoms with Crippen LogP contribution in [0.2, 0.25) is 0 Å². The van der Waals surface area contributed by atoms with E-state index in [0.29, 0.717) is 51.8 Å². The molecule has 0 unspecified atom stereocenters. The Kier molecular flexibility index (Phi) is 5.79. The van der Waals surface area contributed by atoms with E-state index in [-0.39, 0.29) is 10.8 Å². The quantitative estimate of drug-likeness (QED) is 0.484. The van der Waals surface area contributed by atoms with Gasteiger partial charge in [-0.15, -0.1) is 0 Å². The second-order valence-electron chi connectivity index (χ2n) is 8.45. The van der Waals surface area contributed by atoms with Gasteiger partial charge in [-0.3, -0.25) is 4.79 Å². The van der Waals surface area contributed by atoms with E-state index in [4.69, 9.17) is 4.74 Å². The highest BCUT2D eigenvalue weighted by Gasteiger charge is 2.31. The third kappa shape index (κ3) is 3.54. The van der Waals surface area contributed by atoms with Crippen molar-refractivity contribution in [3.63, 3.8) is 0 Å². The second-order valence-corrected chi connectivity index (χ2v) is 10.2. The van der Waals surface area contributed by atoms with E-state index in [1.807, 2.05) is 35.2 Å². The molecule has 0 atom stereocenters. The fourth-order valence-electron chi connectivity index (χ4n) is 4.87. The van der Waals surface area contributed by atoms with Crippen molar-refractivity contribution in [2.75, 3.05) is 33.3 Å². The Hall–Kier alpha value is -3.36. The molecular weight excluding hydrogens is 450 g/mol. The smallest absolute Gasteiger partial charge is 0.269 e. The van der Waals surface area contributed by atoms with Crippen molar-refractivity contribution in [3.8, 4) is 5.75 Å². The number of hydrogen-bond acceptors (Lipinski definition) is 5. The van der Waals surface area contributed by atoms with Crippen LogP contribution in [0, 0.1) is 6.92 Å². The molecule has 0 bridgehead atoms. The first-order chi connectivity index (χ1) is 16.4. The van der Waals surface area contributed by atoms with Gasteiger partial charge in [0.25, 0.3) is 15.9 Å². The van der Waals surface area contributed by atoms with Crippen molar-refractivity contribution in [2.45, 2.75) is 18.2 Å². The van der Waals surface area contributed by atoms with Gasteiger partial charge in [-0.25, -0.2) is 12.4 Å². The van der Waals surface area contributed by atoms with E-state index in [1.165, 1.54) is 3.97 Å². The Balaban J connectivity index is 1.73. The van der Waals surface area contributed by atoms with Crippen molar-refractivity contribution in [1.29, 1.82) is 0 Å². The molecule has 0 aliphatic carbocycles. The number of benzene rings is 3. The van der Waals surface area contributed by atoms with Crippen LogP contribution in [0.15, 0.2) is 65.6 Å². The third-order valence-electron chi connectivity index (χ3n) is 6.48. The topological polar surface area (TPSA) is 80.6 Å². The van der Waals surface area contributed by atoms with Gasteiger partial charge in [-0.1, -0.05) is 42.5 Å². The molecule has 1 aromatic heterocycles. The maximum Gasteiger partial charge on any atom is 0.269 e. The molecule has 0 radical (unpaired) electrons. The van der Waals surface area contributed by atoms with E-state index in [1.54, 1.807) is 44.4 Å². The Morgan fingerprint density at radius 2 is 1.62 bits per heavy atom. The van der Waals surface area contributed by atoms with Crippen LogP contribution in [0.1, 0.15) is 22.5 Å². The molecule has 3 aromatic carbocycles. The van der Waals surface area contributed by atoms with Crippen LogP contribution in [0.25, 0.3) is 21.7 Å². The average Bonchev–Trinajstić information content (AvgIpc) is 2.98. The lowest BCUT2D eigenvalue weighted by Crippen LogP contribution is -2.34. The zero-order valence-electron chi connectivity index (χ0n) is 19.2. The molecule has 1 aliphatic heterocycles. The van der Waals surface area contributed by atoms with Crippen molar-refractivity contribution >= 4 is 37.6 Å². The molecule has 2 heterocycles. The molecule has 176 valence electrons. The highest BCUT2D eigenvalue weighted by Crippen LogP contribution is 2.35. The van der Waals surface area contributed by atoms with Gasteiger partial charge in [0.2, 0.25) is 0 Å². The Labute approximate surface area is 199 Å². The van der Waals surface area contributed by atoms with E-state index >= 15 is 0 Å². The van der Waals surface area contributed by atoms with Crippen molar-refractivity contribution in [2.24, 2.45) is 0 Å². The molecule has 5 rings (SSSR count). The van der Waals surface area contributed by atoms with Crippen LogP contribution in [0.4, 0.5) is 0 Å². The van der Waals surface area contributed by atoms with Crippen LogP contribution in [0.3, 0.4) is 0 Å². The minimum absolute atomic E-state index is 0.133. The number of nitrogens with zero attached hydrogens (tertiary/aromatic N) is 2. The molecular formula is C26H27N3O4S. The number of para-hydroxylation sites is 1. The SMILES string of the molecule is COc1ccc(S(=O)(=O)n2c(C)c(C(=O)N3CCCNCC3)c3ccccc32)c2ccccc12. The maximum absolute atomic E-state index is 14.1. The molecule has 1 aliphatic rings. The molecule has 0 spiro atoms. The fraction of sp³-hybridized carbons (Fsp3) is 0.269. The predicted octanol–water partition coefficient (Wildman–Crippen LogP) is 3.78. The number of aromatic nitrogens is 1. The Bertz CT molecular complexity index is 1500. The summed E-state index contributed by atoms with van der Waals surface area (Å²) < 4.78 is 35.0. The van der Waals surface area contributed by atoms with Crippen LogP contribution in [0.5, 0.6) is 5.75 Å². The van der Waals surface area contributed by atoms with Crippen LogP contribution < -0.4 is 10.1 Å². The van der Waals surface area contributed by atoms with Crippen LogP contribution in [-0.4, -0.2) is 56.5 Å². The van der Waals surface area contributed by atoms with Crippen LogP contribution in [-0.2, 0) is 10.0 Å². The molecule has 8 heteroatoms. The number of nitrogens with one attached hydrogen (secondary N) is 1. The summed E-state index contributed by atoms with van der Waals surface area (Å²) in [6, 6.07) is 17.7. The van der Waals surface area contributed by atoms with Gasteiger partial charge in [0, 0.05) is 41.5 Å². The van der Waals surface area contributed by atoms with Crippen LogP contribution >= 0.6 is 0 Å². The molecule has 1 fully saturated rings. The summed E-state index contributed by atoms with van der Waals surface area (Å²) in [5, 5.41) is 5.24. The van der Waals surface area contributed by atoms with E-state index in [0.717, 1.165) is 19.5 Å². The summed E-state index contributed by atoms with van der Waals surface area (Å²) in [5.74, 6) is 0.472. The number of carbonyl (C=O) groups excluding carboxylic acids is 1. The molecule has 1 saturated heterocycles. The van der Waals surface area contributed by atoms with Gasteiger partial charge in [-0.2, -0.15) is 0 Å². The Morgan fingerprint density at radius 3 is 2.38 bits per heavy atom. The lowest BCUT2D eigenvalue weighted by atomic mass is 10.1. The van der Waals surface area contributed by atoms with Gasteiger partial charge in [0.1, 0.15) is 5.75 Å². The zero-order valence-corrected chi connectivity index (χ0v) is 20.1. The molecule has 7 nitrogen and oxygen atoms in total. The summed E-state index contributed by atoms with van der Waals surface area (Å²) in [5.41, 5.74) is 1.36. The third-order valence-corrected chi connectivity index (χ3v) is 8.35. The first-order valence-electron chi connectivity index (χ1n) is 11.4. The lowest BCUT2D eigenvalue weighted by Gasteiger charge is -2.20. The van der Waals surface area contributed by atoms with Gasteiger partial charge in [0.05, 0.1) is 23.1 Å².